The highest BCUT2D eigenvalue weighted by atomic mass is 16.5. The zero-order valence-electron chi connectivity index (χ0n) is 20.4. The first-order valence-corrected chi connectivity index (χ1v) is 12.6. The highest BCUT2D eigenvalue weighted by molar-refractivity contribution is 5.83. The van der Waals surface area contributed by atoms with Crippen LogP contribution in [0.3, 0.4) is 0 Å². The molecule has 4 heterocycles. The maximum atomic E-state index is 12.2. The van der Waals surface area contributed by atoms with Crippen LogP contribution in [-0.4, -0.2) is 57.2 Å². The van der Waals surface area contributed by atoms with E-state index in [1.54, 1.807) is 14.0 Å². The van der Waals surface area contributed by atoms with Gasteiger partial charge in [-0.15, -0.1) is 5.10 Å². The lowest BCUT2D eigenvalue weighted by Gasteiger charge is -2.33. The number of methoxy groups -OCH3 is 1. The number of amides is 1. The smallest absolute Gasteiger partial charge is 0.241 e. The van der Waals surface area contributed by atoms with Gasteiger partial charge in [0, 0.05) is 43.3 Å². The summed E-state index contributed by atoms with van der Waals surface area (Å²) in [4.78, 5) is 18.9. The number of aromatic nitrogens is 3. The molecule has 1 amide bonds. The van der Waals surface area contributed by atoms with Gasteiger partial charge in [0.25, 0.3) is 0 Å². The maximum absolute atomic E-state index is 12.2. The number of hydrogen-bond donors (Lipinski definition) is 1. The van der Waals surface area contributed by atoms with Gasteiger partial charge in [0.15, 0.2) is 0 Å². The average molecular weight is 452 g/mol. The number of carbonyl (C=O) groups excluding carboxylic acids is 1. The zero-order chi connectivity index (χ0) is 23.1. The highest BCUT2D eigenvalue weighted by Crippen LogP contribution is 2.42. The van der Waals surface area contributed by atoms with Crippen molar-refractivity contribution in [3.05, 3.63) is 29.6 Å². The van der Waals surface area contributed by atoms with Crippen molar-refractivity contribution in [2.75, 3.05) is 19.0 Å². The Morgan fingerprint density at radius 2 is 2.03 bits per heavy atom. The van der Waals surface area contributed by atoms with Gasteiger partial charge < -0.3 is 15.0 Å². The first-order valence-electron chi connectivity index (χ1n) is 12.6. The van der Waals surface area contributed by atoms with E-state index in [0.717, 1.165) is 30.7 Å². The highest BCUT2D eigenvalue weighted by Gasteiger charge is 2.39. The molecule has 1 N–H and O–H groups in total. The first-order chi connectivity index (χ1) is 15.9. The second-order valence-corrected chi connectivity index (χ2v) is 10.4. The van der Waals surface area contributed by atoms with Gasteiger partial charge in [0.2, 0.25) is 11.9 Å². The molecule has 1 aliphatic carbocycles. The maximum Gasteiger partial charge on any atom is 0.241 e. The summed E-state index contributed by atoms with van der Waals surface area (Å²) < 4.78 is 7.41. The second kappa shape index (κ2) is 9.09. The molecular weight excluding hydrogens is 414 g/mol. The molecule has 2 bridgehead atoms. The van der Waals surface area contributed by atoms with E-state index >= 15 is 0 Å². The van der Waals surface area contributed by atoms with Crippen LogP contribution < -0.4 is 5.32 Å². The molecule has 0 aromatic carbocycles. The predicted octanol–water partition coefficient (Wildman–Crippen LogP) is 4.64. The lowest BCUT2D eigenvalue weighted by molar-refractivity contribution is -0.131. The molecule has 5 rings (SSSR count). The van der Waals surface area contributed by atoms with Gasteiger partial charge in [-0.05, 0) is 56.6 Å². The normalized spacial score (nSPS) is 28.1. The summed E-state index contributed by atoms with van der Waals surface area (Å²) in [6, 6.07) is 3.05. The van der Waals surface area contributed by atoms with Crippen LogP contribution in [-0.2, 0) is 9.53 Å². The van der Waals surface area contributed by atoms with Crippen molar-refractivity contribution in [1.29, 1.82) is 0 Å². The van der Waals surface area contributed by atoms with Crippen molar-refractivity contribution in [1.82, 2.24) is 19.5 Å². The van der Waals surface area contributed by atoms with Crippen LogP contribution in [0, 0.1) is 5.92 Å². The van der Waals surface area contributed by atoms with Crippen LogP contribution >= 0.6 is 0 Å². The number of carbonyl (C=O) groups is 1. The zero-order valence-corrected chi connectivity index (χ0v) is 20.4. The monoisotopic (exact) mass is 451 g/mol. The Labute approximate surface area is 196 Å². The predicted molar refractivity (Wildman–Crippen MR) is 130 cm³/mol. The number of fused-ring (bicyclic) bond motifs is 3. The molecule has 2 aromatic heterocycles. The molecule has 2 aromatic rings. The molecule has 2 fully saturated rings. The van der Waals surface area contributed by atoms with Crippen molar-refractivity contribution in [2.24, 2.45) is 5.92 Å². The molecular formula is C26H37N5O2. The molecule has 1 saturated heterocycles. The Balaban J connectivity index is 1.54. The standard InChI is InChI=1S/C26H37N5O2/c1-16-5-7-19(8-6-16)24-13-23(20-11-21-9-10-22(12-20)30(21)18(3)32)25-14-27-26(29-31(24)25)28-17(2)15-33-4/h11,13-14,16-17,19,21-22H,5-10,12,15H2,1-4H3,(H,28,29)/t16?,17-,19?,21-,22+/m0/s1. The van der Waals surface area contributed by atoms with Gasteiger partial charge in [-0.25, -0.2) is 9.50 Å². The minimum Gasteiger partial charge on any atom is -0.383 e. The number of ether oxygens (including phenoxy) is 1. The lowest BCUT2D eigenvalue weighted by Crippen LogP contribution is -2.41. The minimum absolute atomic E-state index is 0.135. The molecule has 7 heteroatoms. The number of rotatable bonds is 6. The number of nitrogens with zero attached hydrogens (tertiary/aromatic N) is 4. The van der Waals surface area contributed by atoms with Crippen molar-refractivity contribution in [3.63, 3.8) is 0 Å². The third kappa shape index (κ3) is 4.27. The Morgan fingerprint density at radius 3 is 2.73 bits per heavy atom. The van der Waals surface area contributed by atoms with E-state index in [4.69, 9.17) is 9.84 Å². The summed E-state index contributed by atoms with van der Waals surface area (Å²) in [5.41, 5.74) is 4.99. The molecule has 7 nitrogen and oxygen atoms in total. The Hall–Kier alpha value is -2.41. The van der Waals surface area contributed by atoms with Gasteiger partial charge in [0.05, 0.1) is 24.4 Å². The summed E-state index contributed by atoms with van der Waals surface area (Å²) in [6.45, 7) is 6.74. The SMILES string of the molecule is COC[C@H](C)Nc1ncc2c(C3=C[C@@H]4CC[C@H](C3)N4C(C)=O)cc(C3CCC(C)CC3)n2n1. The molecule has 0 spiro atoms. The molecule has 1 saturated carbocycles. The van der Waals surface area contributed by atoms with Crippen LogP contribution in [0.5, 0.6) is 0 Å². The van der Waals surface area contributed by atoms with Gasteiger partial charge in [-0.3, -0.25) is 4.79 Å². The fourth-order valence-corrected chi connectivity index (χ4v) is 6.22. The van der Waals surface area contributed by atoms with Gasteiger partial charge in [-0.2, -0.15) is 0 Å². The fourth-order valence-electron chi connectivity index (χ4n) is 6.22. The van der Waals surface area contributed by atoms with Gasteiger partial charge in [-0.1, -0.05) is 25.8 Å². The Kier molecular flexibility index (Phi) is 6.16. The van der Waals surface area contributed by atoms with Crippen molar-refractivity contribution in [3.8, 4) is 0 Å². The van der Waals surface area contributed by atoms with Crippen LogP contribution in [0.1, 0.15) is 82.9 Å². The number of hydrogen-bond acceptors (Lipinski definition) is 5. The number of nitrogens with one attached hydrogen (secondary N) is 1. The molecule has 178 valence electrons. The molecule has 3 aliphatic rings. The molecule has 0 radical (unpaired) electrons. The Morgan fingerprint density at radius 1 is 1.24 bits per heavy atom. The van der Waals surface area contributed by atoms with Gasteiger partial charge in [0.1, 0.15) is 0 Å². The summed E-state index contributed by atoms with van der Waals surface area (Å²) in [7, 11) is 1.71. The second-order valence-electron chi connectivity index (χ2n) is 10.4. The van der Waals surface area contributed by atoms with E-state index in [2.05, 4.69) is 45.7 Å². The van der Waals surface area contributed by atoms with E-state index < -0.39 is 0 Å². The lowest BCUT2D eigenvalue weighted by atomic mass is 9.81. The summed E-state index contributed by atoms with van der Waals surface area (Å²) >= 11 is 0. The van der Waals surface area contributed by atoms with Crippen molar-refractivity contribution >= 4 is 22.9 Å². The molecule has 33 heavy (non-hydrogen) atoms. The van der Waals surface area contributed by atoms with E-state index in [-0.39, 0.29) is 18.0 Å². The topological polar surface area (TPSA) is 71.8 Å². The third-order valence-electron chi connectivity index (χ3n) is 7.88. The van der Waals surface area contributed by atoms with E-state index in [1.165, 1.54) is 42.5 Å². The van der Waals surface area contributed by atoms with Crippen molar-refractivity contribution in [2.45, 2.75) is 89.8 Å². The first kappa shape index (κ1) is 22.4. The minimum atomic E-state index is 0.135. The summed E-state index contributed by atoms with van der Waals surface area (Å²) in [6.07, 6.45) is 12.3. The van der Waals surface area contributed by atoms with Crippen LogP contribution in [0.15, 0.2) is 18.3 Å². The van der Waals surface area contributed by atoms with E-state index in [1.807, 2.05) is 6.20 Å². The van der Waals surface area contributed by atoms with E-state index in [0.29, 0.717) is 24.5 Å². The van der Waals surface area contributed by atoms with Crippen LogP contribution in [0.2, 0.25) is 0 Å². The summed E-state index contributed by atoms with van der Waals surface area (Å²) in [5, 5.41) is 8.33. The average Bonchev–Trinajstić information content (AvgIpc) is 3.29. The molecule has 3 atom stereocenters. The largest absolute Gasteiger partial charge is 0.383 e. The van der Waals surface area contributed by atoms with E-state index in [9.17, 15) is 4.79 Å². The quantitative estimate of drug-likeness (QED) is 0.693. The molecule has 0 unspecified atom stereocenters. The summed E-state index contributed by atoms with van der Waals surface area (Å²) in [5.74, 6) is 2.17. The fraction of sp³-hybridized carbons (Fsp3) is 0.654. The van der Waals surface area contributed by atoms with Crippen LogP contribution in [0.25, 0.3) is 11.1 Å². The van der Waals surface area contributed by atoms with Crippen molar-refractivity contribution < 1.29 is 9.53 Å². The van der Waals surface area contributed by atoms with Gasteiger partial charge >= 0.3 is 0 Å². The number of anilines is 1. The Bertz CT molecular complexity index is 1050. The van der Waals surface area contributed by atoms with Crippen LogP contribution in [0.4, 0.5) is 5.95 Å². The third-order valence-corrected chi connectivity index (χ3v) is 7.88. The molecule has 2 aliphatic heterocycles.